The molecule has 2 heterocycles. The first-order valence-electron chi connectivity index (χ1n) is 8.58. The second kappa shape index (κ2) is 8.73. The molecule has 1 unspecified atom stereocenters. The van der Waals surface area contributed by atoms with Gasteiger partial charge in [-0.25, -0.2) is 9.67 Å². The van der Waals surface area contributed by atoms with E-state index < -0.39 is 0 Å². The van der Waals surface area contributed by atoms with Crippen molar-refractivity contribution in [1.29, 1.82) is 0 Å². The van der Waals surface area contributed by atoms with Crippen LogP contribution in [0.4, 0.5) is 0 Å². The van der Waals surface area contributed by atoms with E-state index in [2.05, 4.69) is 45.7 Å². The molecule has 0 bridgehead atoms. The molecule has 132 valence electrons. The molecular weight excluding hydrogens is 292 g/mol. The quantitative estimate of drug-likeness (QED) is 0.725. The summed E-state index contributed by atoms with van der Waals surface area (Å²) < 4.78 is 1.97. The molecule has 1 N–H and O–H groups in total. The highest BCUT2D eigenvalue weighted by atomic mass is 16.3. The molecule has 0 aliphatic carbocycles. The van der Waals surface area contributed by atoms with E-state index in [1.165, 1.54) is 0 Å². The number of rotatable bonds is 8. The molecule has 0 spiro atoms. The van der Waals surface area contributed by atoms with E-state index in [1.807, 2.05) is 11.7 Å². The van der Waals surface area contributed by atoms with Gasteiger partial charge in [0.25, 0.3) is 0 Å². The topological polar surface area (TPSA) is 60.7 Å². The molecule has 0 saturated carbocycles. The average Bonchev–Trinajstić information content (AvgIpc) is 2.87. The molecule has 7 nitrogen and oxygen atoms in total. The van der Waals surface area contributed by atoms with Crippen molar-refractivity contribution in [2.24, 2.45) is 5.92 Å². The fourth-order valence-electron chi connectivity index (χ4n) is 2.96. The van der Waals surface area contributed by atoms with E-state index >= 15 is 0 Å². The molecule has 1 saturated heterocycles. The van der Waals surface area contributed by atoms with Gasteiger partial charge in [-0.15, -0.1) is 0 Å². The van der Waals surface area contributed by atoms with E-state index in [-0.39, 0.29) is 6.10 Å². The Hall–Kier alpha value is -1.02. The van der Waals surface area contributed by atoms with Crippen molar-refractivity contribution in [3.8, 4) is 0 Å². The van der Waals surface area contributed by atoms with Crippen LogP contribution in [0.15, 0.2) is 6.33 Å². The van der Waals surface area contributed by atoms with Gasteiger partial charge in [-0.3, -0.25) is 9.80 Å². The first-order chi connectivity index (χ1) is 10.9. The van der Waals surface area contributed by atoms with E-state index in [9.17, 15) is 5.11 Å². The van der Waals surface area contributed by atoms with Gasteiger partial charge < -0.3 is 10.0 Å². The first-order valence-corrected chi connectivity index (χ1v) is 8.58. The Kier molecular flexibility index (Phi) is 6.95. The maximum Gasteiger partial charge on any atom is 0.141 e. The number of aliphatic hydroxyl groups excluding tert-OH is 1. The number of hydrogen-bond acceptors (Lipinski definition) is 6. The number of piperazine rings is 1. The number of likely N-dealkylation sites (N-methyl/N-ethyl adjacent to an activating group) is 2. The zero-order valence-electron chi connectivity index (χ0n) is 15.0. The summed E-state index contributed by atoms with van der Waals surface area (Å²) in [6.45, 7) is 11.6. The highest BCUT2D eigenvalue weighted by molar-refractivity contribution is 4.85. The van der Waals surface area contributed by atoms with Crippen molar-refractivity contribution in [2.75, 3.05) is 53.4 Å². The zero-order chi connectivity index (χ0) is 16.8. The molecule has 7 heteroatoms. The number of β-amino-alcohol motifs (C(OH)–C–C–N with tert-alkyl or cyclic N) is 1. The molecule has 1 aromatic heterocycles. The first kappa shape index (κ1) is 18.3. The van der Waals surface area contributed by atoms with Crippen molar-refractivity contribution in [3.63, 3.8) is 0 Å². The second-order valence-electron chi connectivity index (χ2n) is 7.21. The van der Waals surface area contributed by atoms with E-state index in [0.29, 0.717) is 19.0 Å². The van der Waals surface area contributed by atoms with Crippen LogP contribution in [0.3, 0.4) is 0 Å². The van der Waals surface area contributed by atoms with Gasteiger partial charge in [0.15, 0.2) is 0 Å². The monoisotopic (exact) mass is 324 g/mol. The fraction of sp³-hybridized carbons (Fsp3) is 0.875. The van der Waals surface area contributed by atoms with Crippen molar-refractivity contribution in [1.82, 2.24) is 29.5 Å². The lowest BCUT2D eigenvalue weighted by Crippen LogP contribution is -2.48. The van der Waals surface area contributed by atoms with Crippen LogP contribution in [0.2, 0.25) is 0 Å². The SMILES string of the molecule is CC(C)Cn1ncnc1CN(C)CC(O)CN1CCN(C)CC1. The normalized spacial score (nSPS) is 18.9. The summed E-state index contributed by atoms with van der Waals surface area (Å²) in [5, 5.41) is 14.6. The van der Waals surface area contributed by atoms with E-state index in [1.54, 1.807) is 6.33 Å². The van der Waals surface area contributed by atoms with Gasteiger partial charge in [-0.2, -0.15) is 5.10 Å². The Morgan fingerprint density at radius 3 is 2.57 bits per heavy atom. The van der Waals surface area contributed by atoms with Crippen LogP contribution < -0.4 is 0 Å². The zero-order valence-corrected chi connectivity index (χ0v) is 15.0. The van der Waals surface area contributed by atoms with Gasteiger partial charge >= 0.3 is 0 Å². The van der Waals surface area contributed by atoms with Gasteiger partial charge in [0.1, 0.15) is 12.2 Å². The Bertz CT molecular complexity index is 455. The Balaban J connectivity index is 1.75. The van der Waals surface area contributed by atoms with Crippen molar-refractivity contribution in [3.05, 3.63) is 12.2 Å². The van der Waals surface area contributed by atoms with Crippen LogP contribution in [-0.2, 0) is 13.1 Å². The summed E-state index contributed by atoms with van der Waals surface area (Å²) in [7, 11) is 4.18. The molecule has 1 fully saturated rings. The van der Waals surface area contributed by atoms with Crippen molar-refractivity contribution < 1.29 is 5.11 Å². The molecule has 2 rings (SSSR count). The van der Waals surface area contributed by atoms with Crippen molar-refractivity contribution in [2.45, 2.75) is 33.0 Å². The molecule has 0 radical (unpaired) electrons. The molecule has 1 aliphatic heterocycles. The minimum atomic E-state index is -0.329. The van der Waals surface area contributed by atoms with Gasteiger partial charge in [0.2, 0.25) is 0 Å². The summed E-state index contributed by atoms with van der Waals surface area (Å²) >= 11 is 0. The molecular formula is C16H32N6O. The minimum absolute atomic E-state index is 0.329. The number of aliphatic hydroxyl groups is 1. The van der Waals surface area contributed by atoms with Gasteiger partial charge in [-0.05, 0) is 20.0 Å². The second-order valence-corrected chi connectivity index (χ2v) is 7.21. The highest BCUT2D eigenvalue weighted by Gasteiger charge is 2.18. The maximum atomic E-state index is 10.3. The molecule has 1 aromatic rings. The minimum Gasteiger partial charge on any atom is -0.390 e. The van der Waals surface area contributed by atoms with Crippen LogP contribution in [0, 0.1) is 5.92 Å². The fourth-order valence-corrected chi connectivity index (χ4v) is 2.96. The Morgan fingerprint density at radius 2 is 1.91 bits per heavy atom. The van der Waals surface area contributed by atoms with E-state index in [0.717, 1.165) is 45.1 Å². The molecule has 1 aliphatic rings. The smallest absolute Gasteiger partial charge is 0.141 e. The molecule has 1 atom stereocenters. The van der Waals surface area contributed by atoms with Gasteiger partial charge in [0.05, 0.1) is 12.6 Å². The van der Waals surface area contributed by atoms with Crippen LogP contribution in [0.5, 0.6) is 0 Å². The lowest BCUT2D eigenvalue weighted by molar-refractivity contribution is 0.0586. The third kappa shape index (κ3) is 6.18. The lowest BCUT2D eigenvalue weighted by atomic mass is 10.2. The Labute approximate surface area is 139 Å². The summed E-state index contributed by atoms with van der Waals surface area (Å²) in [6.07, 6.45) is 1.29. The van der Waals surface area contributed by atoms with E-state index in [4.69, 9.17) is 0 Å². The predicted molar refractivity (Wildman–Crippen MR) is 91.1 cm³/mol. The number of aromatic nitrogens is 3. The molecule has 0 amide bonds. The van der Waals surface area contributed by atoms with Gasteiger partial charge in [-0.1, -0.05) is 13.8 Å². The Morgan fingerprint density at radius 1 is 1.22 bits per heavy atom. The average molecular weight is 324 g/mol. The number of nitrogens with zero attached hydrogens (tertiary/aromatic N) is 6. The van der Waals surface area contributed by atoms with Crippen LogP contribution in [0.25, 0.3) is 0 Å². The predicted octanol–water partition coefficient (Wildman–Crippen LogP) is -0.0258. The van der Waals surface area contributed by atoms with Crippen LogP contribution in [-0.4, -0.2) is 94.0 Å². The summed E-state index contributed by atoms with van der Waals surface area (Å²) in [4.78, 5) is 11.2. The third-order valence-corrected chi connectivity index (χ3v) is 4.23. The highest BCUT2D eigenvalue weighted by Crippen LogP contribution is 2.06. The number of hydrogen-bond donors (Lipinski definition) is 1. The summed E-state index contributed by atoms with van der Waals surface area (Å²) in [5.41, 5.74) is 0. The lowest BCUT2D eigenvalue weighted by Gasteiger charge is -2.34. The third-order valence-electron chi connectivity index (χ3n) is 4.23. The largest absolute Gasteiger partial charge is 0.390 e. The van der Waals surface area contributed by atoms with Crippen LogP contribution >= 0.6 is 0 Å². The van der Waals surface area contributed by atoms with Crippen molar-refractivity contribution >= 4 is 0 Å². The van der Waals surface area contributed by atoms with Gasteiger partial charge in [0, 0.05) is 45.8 Å². The molecule has 0 aromatic carbocycles. The summed E-state index contributed by atoms with van der Waals surface area (Å²) in [5.74, 6) is 1.51. The molecule has 23 heavy (non-hydrogen) atoms. The maximum absolute atomic E-state index is 10.3. The van der Waals surface area contributed by atoms with Crippen LogP contribution in [0.1, 0.15) is 19.7 Å². The standard InChI is InChI=1S/C16H32N6O/c1-14(2)9-22-16(17-13-18-22)12-20(4)10-15(23)11-21-7-5-19(3)6-8-21/h13-15,23H,5-12H2,1-4H3. The summed E-state index contributed by atoms with van der Waals surface area (Å²) in [6, 6.07) is 0.